The van der Waals surface area contributed by atoms with Crippen molar-refractivity contribution < 1.29 is 28.2 Å². The normalized spacial score (nSPS) is 13.9. The standard InChI is InChI=1S/C25H29FN2O5/c1-17(2)33-21-11-5-18(6-12-21)22-23(27(13-15-31-3)14-16-32-4)25(30)28(24(22)29)20-9-7-19(26)8-10-20/h5-12,17H,13-16H2,1-4H3. The molecule has 0 aromatic heterocycles. The lowest BCUT2D eigenvalue weighted by atomic mass is 10.0. The predicted molar refractivity (Wildman–Crippen MR) is 123 cm³/mol. The van der Waals surface area contributed by atoms with Gasteiger partial charge in [-0.2, -0.15) is 0 Å². The Bertz CT molecular complexity index is 994. The molecule has 8 heteroatoms. The molecule has 7 nitrogen and oxygen atoms in total. The molecule has 0 saturated heterocycles. The van der Waals surface area contributed by atoms with Crippen molar-refractivity contribution in [3.63, 3.8) is 0 Å². The average Bonchev–Trinajstić information content (AvgIpc) is 3.05. The molecule has 0 unspecified atom stereocenters. The second kappa shape index (κ2) is 11.1. The quantitative estimate of drug-likeness (QED) is 0.482. The van der Waals surface area contributed by atoms with Crippen LogP contribution in [0.5, 0.6) is 5.75 Å². The molecule has 0 saturated carbocycles. The highest BCUT2D eigenvalue weighted by Crippen LogP contribution is 2.35. The van der Waals surface area contributed by atoms with E-state index in [-0.39, 0.29) is 17.4 Å². The van der Waals surface area contributed by atoms with Crippen LogP contribution in [0.25, 0.3) is 5.57 Å². The summed E-state index contributed by atoms with van der Waals surface area (Å²) in [5.74, 6) is -0.734. The molecule has 0 atom stereocenters. The monoisotopic (exact) mass is 456 g/mol. The highest BCUT2D eigenvalue weighted by Gasteiger charge is 2.42. The van der Waals surface area contributed by atoms with E-state index in [9.17, 15) is 14.0 Å². The average molecular weight is 457 g/mol. The lowest BCUT2D eigenvalue weighted by Gasteiger charge is -2.25. The fourth-order valence-corrected chi connectivity index (χ4v) is 3.61. The first-order valence-electron chi connectivity index (χ1n) is 10.8. The van der Waals surface area contributed by atoms with Crippen LogP contribution in [0.1, 0.15) is 19.4 Å². The molecule has 0 N–H and O–H groups in total. The Morgan fingerprint density at radius 3 is 1.97 bits per heavy atom. The first kappa shape index (κ1) is 24.4. The van der Waals surface area contributed by atoms with E-state index in [1.54, 1.807) is 43.4 Å². The van der Waals surface area contributed by atoms with Gasteiger partial charge in [0.05, 0.1) is 30.6 Å². The molecule has 2 aromatic rings. The second-order valence-corrected chi connectivity index (χ2v) is 7.81. The van der Waals surface area contributed by atoms with Crippen LogP contribution in [-0.4, -0.2) is 63.3 Å². The molecule has 0 bridgehead atoms. The number of hydrogen-bond donors (Lipinski definition) is 0. The number of hydrogen-bond acceptors (Lipinski definition) is 6. The Balaban J connectivity index is 2.08. The zero-order valence-electron chi connectivity index (χ0n) is 19.3. The van der Waals surface area contributed by atoms with Crippen molar-refractivity contribution >= 4 is 23.1 Å². The van der Waals surface area contributed by atoms with Crippen molar-refractivity contribution in [2.24, 2.45) is 0 Å². The van der Waals surface area contributed by atoms with E-state index in [4.69, 9.17) is 14.2 Å². The number of rotatable bonds is 11. The second-order valence-electron chi connectivity index (χ2n) is 7.81. The number of benzene rings is 2. The van der Waals surface area contributed by atoms with Crippen LogP contribution in [-0.2, 0) is 19.1 Å². The van der Waals surface area contributed by atoms with Crippen LogP contribution in [0.3, 0.4) is 0 Å². The first-order chi connectivity index (χ1) is 15.9. The molecule has 1 heterocycles. The summed E-state index contributed by atoms with van der Waals surface area (Å²) in [5.41, 5.74) is 1.42. The maximum Gasteiger partial charge on any atom is 0.282 e. The van der Waals surface area contributed by atoms with Gasteiger partial charge in [-0.15, -0.1) is 0 Å². The minimum Gasteiger partial charge on any atom is -0.491 e. The number of nitrogens with zero attached hydrogens (tertiary/aromatic N) is 2. The lowest BCUT2D eigenvalue weighted by Crippen LogP contribution is -2.37. The van der Waals surface area contributed by atoms with Crippen LogP contribution >= 0.6 is 0 Å². The van der Waals surface area contributed by atoms with Gasteiger partial charge in [0.25, 0.3) is 11.8 Å². The van der Waals surface area contributed by atoms with Crippen molar-refractivity contribution in [3.8, 4) is 5.75 Å². The summed E-state index contributed by atoms with van der Waals surface area (Å²) in [5, 5.41) is 0. The number of carbonyl (C=O) groups is 2. The zero-order valence-corrected chi connectivity index (χ0v) is 19.3. The van der Waals surface area contributed by atoms with Crippen molar-refractivity contribution in [1.29, 1.82) is 0 Å². The molecule has 0 spiro atoms. The summed E-state index contributed by atoms with van der Waals surface area (Å²) in [7, 11) is 3.15. The van der Waals surface area contributed by atoms with Crippen molar-refractivity contribution in [2.75, 3.05) is 45.4 Å². The smallest absolute Gasteiger partial charge is 0.282 e. The highest BCUT2D eigenvalue weighted by atomic mass is 19.1. The minimum absolute atomic E-state index is 0.00728. The van der Waals surface area contributed by atoms with Crippen LogP contribution in [0, 0.1) is 5.82 Å². The van der Waals surface area contributed by atoms with Crippen molar-refractivity contribution in [2.45, 2.75) is 20.0 Å². The Hall–Kier alpha value is -3.23. The van der Waals surface area contributed by atoms with E-state index in [2.05, 4.69) is 0 Å². The van der Waals surface area contributed by atoms with E-state index < -0.39 is 17.6 Å². The topological polar surface area (TPSA) is 68.3 Å². The van der Waals surface area contributed by atoms with E-state index in [0.717, 1.165) is 4.90 Å². The Morgan fingerprint density at radius 1 is 0.879 bits per heavy atom. The molecule has 33 heavy (non-hydrogen) atoms. The van der Waals surface area contributed by atoms with Gasteiger partial charge >= 0.3 is 0 Å². The number of ether oxygens (including phenoxy) is 3. The molecule has 3 rings (SSSR count). The molecule has 2 aromatic carbocycles. The molecular weight excluding hydrogens is 427 g/mol. The van der Waals surface area contributed by atoms with Crippen LogP contribution in [0.4, 0.5) is 10.1 Å². The largest absolute Gasteiger partial charge is 0.491 e. The molecule has 1 aliphatic rings. The minimum atomic E-state index is -0.476. The zero-order chi connectivity index (χ0) is 24.0. The molecule has 2 amide bonds. The van der Waals surface area contributed by atoms with E-state index >= 15 is 0 Å². The number of methoxy groups -OCH3 is 2. The van der Waals surface area contributed by atoms with Gasteiger partial charge in [0.1, 0.15) is 17.3 Å². The predicted octanol–water partition coefficient (Wildman–Crippen LogP) is 3.49. The van der Waals surface area contributed by atoms with Gasteiger partial charge in [0, 0.05) is 27.3 Å². The van der Waals surface area contributed by atoms with E-state index in [1.807, 2.05) is 13.8 Å². The molecule has 1 aliphatic heterocycles. The van der Waals surface area contributed by atoms with Crippen molar-refractivity contribution in [1.82, 2.24) is 4.90 Å². The summed E-state index contributed by atoms with van der Waals surface area (Å²) in [6.07, 6.45) is 0.00728. The maximum atomic E-state index is 13.6. The van der Waals surface area contributed by atoms with Gasteiger partial charge in [-0.05, 0) is 55.8 Å². The van der Waals surface area contributed by atoms with Gasteiger partial charge in [0.2, 0.25) is 0 Å². The molecular formula is C25H29FN2O5. The van der Waals surface area contributed by atoms with Gasteiger partial charge < -0.3 is 19.1 Å². The third-order valence-electron chi connectivity index (χ3n) is 5.11. The Labute approximate surface area is 193 Å². The summed E-state index contributed by atoms with van der Waals surface area (Å²) >= 11 is 0. The fourth-order valence-electron chi connectivity index (χ4n) is 3.61. The number of imide groups is 1. The van der Waals surface area contributed by atoms with Crippen molar-refractivity contribution in [3.05, 3.63) is 65.6 Å². The van der Waals surface area contributed by atoms with Gasteiger partial charge in [-0.25, -0.2) is 9.29 Å². The highest BCUT2D eigenvalue weighted by molar-refractivity contribution is 6.45. The molecule has 0 aliphatic carbocycles. The summed E-state index contributed by atoms with van der Waals surface area (Å²) in [6, 6.07) is 12.3. The van der Waals surface area contributed by atoms with Crippen LogP contribution in [0.15, 0.2) is 54.2 Å². The third-order valence-corrected chi connectivity index (χ3v) is 5.11. The van der Waals surface area contributed by atoms with E-state index in [1.165, 1.54) is 24.3 Å². The number of carbonyl (C=O) groups excluding carboxylic acids is 2. The maximum absolute atomic E-state index is 13.6. The first-order valence-corrected chi connectivity index (χ1v) is 10.8. The lowest BCUT2D eigenvalue weighted by molar-refractivity contribution is -0.120. The fraction of sp³-hybridized carbons (Fsp3) is 0.360. The Morgan fingerprint density at radius 2 is 1.45 bits per heavy atom. The van der Waals surface area contributed by atoms with Crippen LogP contribution in [0.2, 0.25) is 0 Å². The third kappa shape index (κ3) is 5.58. The molecule has 176 valence electrons. The van der Waals surface area contributed by atoms with Gasteiger partial charge in [-0.3, -0.25) is 9.59 Å². The molecule has 0 fully saturated rings. The van der Waals surface area contributed by atoms with Crippen LogP contribution < -0.4 is 9.64 Å². The summed E-state index contributed by atoms with van der Waals surface area (Å²) in [6.45, 7) is 5.36. The molecule has 0 radical (unpaired) electrons. The van der Waals surface area contributed by atoms with Gasteiger partial charge in [0.15, 0.2) is 0 Å². The Kier molecular flexibility index (Phi) is 8.19. The van der Waals surface area contributed by atoms with E-state index in [0.29, 0.717) is 43.3 Å². The summed E-state index contributed by atoms with van der Waals surface area (Å²) < 4.78 is 29.6. The summed E-state index contributed by atoms with van der Waals surface area (Å²) in [4.78, 5) is 30.0. The SMILES string of the molecule is COCCN(CCOC)C1=C(c2ccc(OC(C)C)cc2)C(=O)N(c2ccc(F)cc2)C1=O. The number of anilines is 1. The van der Waals surface area contributed by atoms with Gasteiger partial charge in [-0.1, -0.05) is 12.1 Å². The number of amides is 2. The number of halogens is 1.